The van der Waals surface area contributed by atoms with Crippen LogP contribution in [0.3, 0.4) is 0 Å². The Morgan fingerprint density at radius 3 is 1.75 bits per heavy atom. The van der Waals surface area contributed by atoms with Gasteiger partial charge >= 0.3 is 11.9 Å². The Balaban J connectivity index is 0. The molecular formula is C11H20O5. The Bertz CT molecular complexity index is 223. The molecule has 0 amide bonds. The number of carbonyl (C=O) groups is 3. The van der Waals surface area contributed by atoms with E-state index in [9.17, 15) is 4.79 Å². The molecule has 0 aromatic heterocycles. The van der Waals surface area contributed by atoms with Gasteiger partial charge in [-0.25, -0.2) is 9.59 Å². The van der Waals surface area contributed by atoms with Crippen molar-refractivity contribution in [3.63, 3.8) is 0 Å². The molecule has 0 heterocycles. The highest BCUT2D eigenvalue weighted by molar-refractivity contribution is 6.27. The van der Waals surface area contributed by atoms with Crippen molar-refractivity contribution in [1.82, 2.24) is 0 Å². The van der Waals surface area contributed by atoms with Crippen molar-refractivity contribution in [3.05, 3.63) is 0 Å². The third kappa shape index (κ3) is 12.6. The van der Waals surface area contributed by atoms with Gasteiger partial charge in [0.25, 0.3) is 0 Å². The number of hydrogen-bond donors (Lipinski definition) is 2. The summed E-state index contributed by atoms with van der Waals surface area (Å²) in [6.07, 6.45) is 4.78. The number of hydrogen-bond acceptors (Lipinski definition) is 3. The maximum Gasteiger partial charge on any atom is 0.414 e. The van der Waals surface area contributed by atoms with E-state index in [2.05, 4.69) is 6.92 Å². The summed E-state index contributed by atoms with van der Waals surface area (Å²) in [4.78, 5) is 28.9. The van der Waals surface area contributed by atoms with Crippen molar-refractivity contribution in [2.45, 2.75) is 46.5 Å². The zero-order valence-corrected chi connectivity index (χ0v) is 10.0. The van der Waals surface area contributed by atoms with E-state index in [-0.39, 0.29) is 5.92 Å². The van der Waals surface area contributed by atoms with Crippen molar-refractivity contribution in [1.29, 1.82) is 0 Å². The van der Waals surface area contributed by atoms with E-state index in [1.807, 2.05) is 6.92 Å². The molecule has 0 fully saturated rings. The molecule has 2 N–H and O–H groups in total. The van der Waals surface area contributed by atoms with Gasteiger partial charge in [0.2, 0.25) is 0 Å². The molecule has 1 unspecified atom stereocenters. The van der Waals surface area contributed by atoms with E-state index in [4.69, 9.17) is 19.8 Å². The number of carbonyl (C=O) groups excluding carboxylic acids is 1. The molecule has 5 heteroatoms. The Morgan fingerprint density at radius 1 is 1.06 bits per heavy atom. The van der Waals surface area contributed by atoms with Crippen LogP contribution in [0, 0.1) is 5.92 Å². The van der Waals surface area contributed by atoms with Crippen LogP contribution in [0.4, 0.5) is 0 Å². The number of ketones is 1. The molecule has 16 heavy (non-hydrogen) atoms. The second-order valence-electron chi connectivity index (χ2n) is 3.62. The molecule has 0 aliphatic heterocycles. The van der Waals surface area contributed by atoms with Gasteiger partial charge in [0.1, 0.15) is 5.78 Å². The number of rotatable bonds is 5. The van der Waals surface area contributed by atoms with Crippen LogP contribution >= 0.6 is 0 Å². The average molecular weight is 232 g/mol. The van der Waals surface area contributed by atoms with E-state index in [1.165, 1.54) is 19.3 Å². The Hall–Kier alpha value is -1.39. The largest absolute Gasteiger partial charge is 0.473 e. The number of carboxylic acids is 2. The van der Waals surface area contributed by atoms with Crippen LogP contribution in [0.15, 0.2) is 0 Å². The van der Waals surface area contributed by atoms with E-state index >= 15 is 0 Å². The summed E-state index contributed by atoms with van der Waals surface area (Å²) in [5.74, 6) is -3.03. The second-order valence-corrected chi connectivity index (χ2v) is 3.62. The minimum atomic E-state index is -1.82. The normalized spacial score (nSPS) is 10.9. The molecule has 0 aliphatic rings. The third-order valence-corrected chi connectivity index (χ3v) is 2.12. The number of unbranched alkanes of at least 4 members (excludes halogenated alkanes) is 2. The van der Waals surface area contributed by atoms with Crippen molar-refractivity contribution in [2.75, 3.05) is 0 Å². The molecule has 0 aromatic rings. The van der Waals surface area contributed by atoms with Gasteiger partial charge in [-0.3, -0.25) is 4.79 Å². The Morgan fingerprint density at radius 2 is 1.50 bits per heavy atom. The monoisotopic (exact) mass is 232 g/mol. The Kier molecular flexibility index (Phi) is 10.8. The zero-order valence-electron chi connectivity index (χ0n) is 10.0. The highest BCUT2D eigenvalue weighted by Gasteiger charge is 2.05. The van der Waals surface area contributed by atoms with Gasteiger partial charge in [-0.15, -0.1) is 0 Å². The summed E-state index contributed by atoms with van der Waals surface area (Å²) >= 11 is 0. The van der Waals surface area contributed by atoms with Crippen molar-refractivity contribution >= 4 is 17.7 Å². The molecule has 0 rings (SSSR count). The summed E-state index contributed by atoms with van der Waals surface area (Å²) in [6, 6.07) is 0. The van der Waals surface area contributed by atoms with E-state index in [0.717, 1.165) is 6.42 Å². The van der Waals surface area contributed by atoms with Gasteiger partial charge in [0, 0.05) is 5.92 Å². The molecule has 0 saturated carbocycles. The van der Waals surface area contributed by atoms with Gasteiger partial charge < -0.3 is 10.2 Å². The second kappa shape index (κ2) is 10.1. The lowest BCUT2D eigenvalue weighted by Gasteiger charge is -2.04. The highest BCUT2D eigenvalue weighted by Crippen LogP contribution is 2.09. The fourth-order valence-electron chi connectivity index (χ4n) is 0.904. The lowest BCUT2D eigenvalue weighted by atomic mass is 10.0. The lowest BCUT2D eigenvalue weighted by Crippen LogP contribution is -2.09. The zero-order chi connectivity index (χ0) is 13.1. The average Bonchev–Trinajstić information content (AvgIpc) is 2.18. The van der Waals surface area contributed by atoms with Crippen molar-refractivity contribution in [3.8, 4) is 0 Å². The first-order valence-electron chi connectivity index (χ1n) is 5.29. The predicted molar refractivity (Wildman–Crippen MR) is 59.3 cm³/mol. The number of aliphatic carboxylic acids is 2. The van der Waals surface area contributed by atoms with Gasteiger partial charge in [-0.2, -0.15) is 0 Å². The SMILES string of the molecule is CCCCCC(C)C(C)=O.O=C(O)C(=O)O. The quantitative estimate of drug-likeness (QED) is 0.558. The molecule has 0 spiro atoms. The Labute approximate surface area is 95.5 Å². The molecule has 5 nitrogen and oxygen atoms in total. The van der Waals surface area contributed by atoms with Crippen molar-refractivity contribution < 1.29 is 24.6 Å². The first kappa shape index (κ1) is 17.0. The standard InChI is InChI=1S/C9H18O.C2H2O4/c1-4-5-6-7-8(2)9(3)10;3-1(4)2(5)6/h8H,4-7H2,1-3H3;(H,3,4)(H,5,6). The summed E-state index contributed by atoms with van der Waals surface area (Å²) in [7, 11) is 0. The molecule has 0 saturated heterocycles. The fraction of sp³-hybridized carbons (Fsp3) is 0.727. The molecule has 0 aromatic carbocycles. The third-order valence-electron chi connectivity index (χ3n) is 2.12. The van der Waals surface area contributed by atoms with Gasteiger partial charge in [-0.05, 0) is 13.3 Å². The maximum atomic E-state index is 10.7. The van der Waals surface area contributed by atoms with Crippen LogP contribution in [0.1, 0.15) is 46.5 Å². The molecule has 94 valence electrons. The van der Waals surface area contributed by atoms with Gasteiger partial charge in [-0.1, -0.05) is 33.1 Å². The smallest absolute Gasteiger partial charge is 0.414 e. The van der Waals surface area contributed by atoms with Gasteiger partial charge in [0.15, 0.2) is 0 Å². The lowest BCUT2D eigenvalue weighted by molar-refractivity contribution is -0.159. The maximum absolute atomic E-state index is 10.7. The first-order valence-corrected chi connectivity index (χ1v) is 5.29. The number of Topliss-reactive ketones (excluding diaryl/α,β-unsaturated/α-hetero) is 1. The highest BCUT2D eigenvalue weighted by atomic mass is 16.4. The van der Waals surface area contributed by atoms with E-state index in [0.29, 0.717) is 5.78 Å². The van der Waals surface area contributed by atoms with Crippen LogP contribution in [0.25, 0.3) is 0 Å². The summed E-state index contributed by atoms with van der Waals surface area (Å²) in [5.41, 5.74) is 0. The molecule has 0 radical (unpaired) electrons. The van der Waals surface area contributed by atoms with Crippen LogP contribution in [-0.2, 0) is 14.4 Å². The fourth-order valence-corrected chi connectivity index (χ4v) is 0.904. The topological polar surface area (TPSA) is 91.7 Å². The molecule has 0 bridgehead atoms. The van der Waals surface area contributed by atoms with E-state index < -0.39 is 11.9 Å². The first-order chi connectivity index (χ1) is 7.32. The molecule has 1 atom stereocenters. The molecular weight excluding hydrogens is 212 g/mol. The number of carboxylic acid groups (broad SMARTS) is 2. The molecule has 0 aliphatic carbocycles. The van der Waals surface area contributed by atoms with Crippen LogP contribution in [0.2, 0.25) is 0 Å². The minimum Gasteiger partial charge on any atom is -0.473 e. The summed E-state index contributed by atoms with van der Waals surface area (Å²) in [6.45, 7) is 5.87. The van der Waals surface area contributed by atoms with Crippen LogP contribution < -0.4 is 0 Å². The van der Waals surface area contributed by atoms with Gasteiger partial charge in [0.05, 0.1) is 0 Å². The predicted octanol–water partition coefficient (Wildman–Crippen LogP) is 1.95. The van der Waals surface area contributed by atoms with Crippen LogP contribution in [0.5, 0.6) is 0 Å². The summed E-state index contributed by atoms with van der Waals surface area (Å²) < 4.78 is 0. The van der Waals surface area contributed by atoms with Crippen molar-refractivity contribution in [2.24, 2.45) is 5.92 Å². The van der Waals surface area contributed by atoms with Crippen LogP contribution in [-0.4, -0.2) is 27.9 Å². The minimum absolute atomic E-state index is 0.284. The summed E-state index contributed by atoms with van der Waals surface area (Å²) in [5, 5.41) is 14.8. The van der Waals surface area contributed by atoms with E-state index in [1.54, 1.807) is 6.92 Å².